The molecule has 2 N–H and O–H groups in total. The Morgan fingerprint density at radius 2 is 1.95 bits per heavy atom. The third-order valence-electron chi connectivity index (χ3n) is 2.68. The maximum Gasteiger partial charge on any atom is 0.411 e. The van der Waals surface area contributed by atoms with Crippen LogP contribution < -0.4 is 10.6 Å². The second kappa shape index (κ2) is 8.41. The van der Waals surface area contributed by atoms with E-state index in [9.17, 15) is 9.59 Å². The summed E-state index contributed by atoms with van der Waals surface area (Å²) in [6.45, 7) is 0.676. The molecule has 0 atom stereocenters. The SMILES string of the molecule is O=C(Nc1ccc(Cl)cc1)OCCCNC(=O)c1cccs1. The van der Waals surface area contributed by atoms with E-state index in [-0.39, 0.29) is 12.5 Å². The number of hydrogen-bond donors (Lipinski definition) is 2. The molecule has 0 saturated heterocycles. The number of nitrogens with one attached hydrogen (secondary N) is 2. The zero-order chi connectivity index (χ0) is 15.8. The molecular formula is C15H15ClN2O3S. The highest BCUT2D eigenvalue weighted by Crippen LogP contribution is 2.13. The molecule has 1 aromatic heterocycles. The lowest BCUT2D eigenvalue weighted by Gasteiger charge is -2.07. The Hall–Kier alpha value is -2.05. The van der Waals surface area contributed by atoms with Crippen LogP contribution >= 0.6 is 22.9 Å². The molecule has 116 valence electrons. The average molecular weight is 339 g/mol. The van der Waals surface area contributed by atoms with Crippen molar-refractivity contribution in [3.8, 4) is 0 Å². The standard InChI is InChI=1S/C15H15ClN2O3S/c16-11-4-6-12(7-5-11)18-15(20)21-9-2-8-17-14(19)13-3-1-10-22-13/h1,3-7,10H,2,8-9H2,(H,17,19)(H,18,20). The molecule has 7 heteroatoms. The molecular weight excluding hydrogens is 324 g/mol. The summed E-state index contributed by atoms with van der Waals surface area (Å²) in [6, 6.07) is 10.3. The van der Waals surface area contributed by atoms with E-state index in [1.807, 2.05) is 11.4 Å². The van der Waals surface area contributed by atoms with Gasteiger partial charge in [-0.15, -0.1) is 11.3 Å². The number of hydrogen-bond acceptors (Lipinski definition) is 4. The number of rotatable bonds is 6. The van der Waals surface area contributed by atoms with Crippen molar-refractivity contribution in [2.75, 3.05) is 18.5 Å². The van der Waals surface area contributed by atoms with Crippen molar-refractivity contribution >= 4 is 40.6 Å². The zero-order valence-electron chi connectivity index (χ0n) is 11.7. The number of carbonyl (C=O) groups is 2. The monoisotopic (exact) mass is 338 g/mol. The van der Waals surface area contributed by atoms with Gasteiger partial charge in [-0.25, -0.2) is 4.79 Å². The normalized spacial score (nSPS) is 10.0. The van der Waals surface area contributed by atoms with Gasteiger partial charge in [-0.3, -0.25) is 10.1 Å². The van der Waals surface area contributed by atoms with E-state index < -0.39 is 6.09 Å². The van der Waals surface area contributed by atoms with Gasteiger partial charge in [0.1, 0.15) is 0 Å². The fourth-order valence-electron chi connectivity index (χ4n) is 1.62. The first-order chi connectivity index (χ1) is 10.6. The van der Waals surface area contributed by atoms with E-state index in [1.165, 1.54) is 11.3 Å². The van der Waals surface area contributed by atoms with Crippen molar-refractivity contribution in [1.29, 1.82) is 0 Å². The Morgan fingerprint density at radius 3 is 2.64 bits per heavy atom. The Balaban J connectivity index is 1.59. The molecule has 2 rings (SSSR count). The predicted octanol–water partition coefficient (Wildman–Crippen LogP) is 3.77. The Bertz CT molecular complexity index is 614. The van der Waals surface area contributed by atoms with Crippen LogP contribution in [0.25, 0.3) is 0 Å². The third-order valence-corrected chi connectivity index (χ3v) is 3.80. The van der Waals surface area contributed by atoms with Crippen molar-refractivity contribution in [3.63, 3.8) is 0 Å². The molecule has 1 aromatic carbocycles. The molecule has 2 amide bonds. The van der Waals surface area contributed by atoms with E-state index in [4.69, 9.17) is 16.3 Å². The highest BCUT2D eigenvalue weighted by molar-refractivity contribution is 7.12. The number of ether oxygens (including phenoxy) is 1. The van der Waals surface area contributed by atoms with Gasteiger partial charge in [-0.2, -0.15) is 0 Å². The van der Waals surface area contributed by atoms with E-state index in [0.29, 0.717) is 28.6 Å². The summed E-state index contributed by atoms with van der Waals surface area (Å²) < 4.78 is 5.02. The van der Waals surface area contributed by atoms with Crippen molar-refractivity contribution in [3.05, 3.63) is 51.7 Å². The van der Waals surface area contributed by atoms with Crippen molar-refractivity contribution < 1.29 is 14.3 Å². The maximum atomic E-state index is 11.6. The minimum Gasteiger partial charge on any atom is -0.449 e. The number of halogens is 1. The largest absolute Gasteiger partial charge is 0.449 e. The molecule has 1 heterocycles. The quantitative estimate of drug-likeness (QED) is 0.788. The van der Waals surface area contributed by atoms with E-state index in [0.717, 1.165) is 0 Å². The number of anilines is 1. The average Bonchev–Trinajstić information content (AvgIpc) is 3.03. The molecule has 0 aliphatic heterocycles. The third kappa shape index (κ3) is 5.38. The zero-order valence-corrected chi connectivity index (χ0v) is 13.2. The molecule has 0 spiro atoms. The lowest BCUT2D eigenvalue weighted by atomic mass is 10.3. The fraction of sp³-hybridized carbons (Fsp3) is 0.200. The van der Waals surface area contributed by atoms with E-state index >= 15 is 0 Å². The van der Waals surface area contributed by atoms with Crippen molar-refractivity contribution in [2.45, 2.75) is 6.42 Å². The van der Waals surface area contributed by atoms with E-state index in [2.05, 4.69) is 10.6 Å². The number of thiophene rings is 1. The topological polar surface area (TPSA) is 67.4 Å². The van der Waals surface area contributed by atoms with Crippen molar-refractivity contribution in [2.24, 2.45) is 0 Å². The van der Waals surface area contributed by atoms with Gasteiger partial charge in [0.05, 0.1) is 11.5 Å². The second-order valence-corrected chi connectivity index (χ2v) is 5.74. The van der Waals surface area contributed by atoms with Crippen LogP contribution in [0, 0.1) is 0 Å². The van der Waals surface area contributed by atoms with Crippen LogP contribution in [0.15, 0.2) is 41.8 Å². The van der Waals surface area contributed by atoms with Crippen LogP contribution in [0.1, 0.15) is 16.1 Å². The van der Waals surface area contributed by atoms with Crippen molar-refractivity contribution in [1.82, 2.24) is 5.32 Å². The van der Waals surface area contributed by atoms with Gasteiger partial charge >= 0.3 is 6.09 Å². The van der Waals surface area contributed by atoms with Gasteiger partial charge in [-0.1, -0.05) is 17.7 Å². The summed E-state index contributed by atoms with van der Waals surface area (Å²) in [5.74, 6) is -0.111. The van der Waals surface area contributed by atoms with Crippen LogP contribution in [-0.4, -0.2) is 25.2 Å². The fourth-order valence-corrected chi connectivity index (χ4v) is 2.39. The van der Waals surface area contributed by atoms with Gasteiger partial charge in [0.15, 0.2) is 0 Å². The Morgan fingerprint density at radius 1 is 1.18 bits per heavy atom. The van der Waals surface area contributed by atoms with Crippen LogP contribution in [0.5, 0.6) is 0 Å². The number of benzene rings is 1. The summed E-state index contributed by atoms with van der Waals surface area (Å²) in [5, 5.41) is 7.79. The van der Waals surface area contributed by atoms with Gasteiger partial charge < -0.3 is 10.1 Å². The highest BCUT2D eigenvalue weighted by Gasteiger charge is 2.06. The highest BCUT2D eigenvalue weighted by atomic mass is 35.5. The molecule has 0 aliphatic rings. The van der Waals surface area contributed by atoms with E-state index in [1.54, 1.807) is 30.3 Å². The predicted molar refractivity (Wildman–Crippen MR) is 87.7 cm³/mol. The Labute approximate surface area is 137 Å². The molecule has 0 radical (unpaired) electrons. The molecule has 0 unspecified atom stereocenters. The molecule has 22 heavy (non-hydrogen) atoms. The van der Waals surface area contributed by atoms with Gasteiger partial charge in [0.2, 0.25) is 0 Å². The summed E-state index contributed by atoms with van der Waals surface area (Å²) in [6.07, 6.45) is 0.0115. The molecule has 5 nitrogen and oxygen atoms in total. The minimum atomic E-state index is -0.535. The van der Waals surface area contributed by atoms with Crippen LogP contribution in [0.2, 0.25) is 5.02 Å². The molecule has 0 saturated carbocycles. The first-order valence-electron chi connectivity index (χ1n) is 6.66. The first-order valence-corrected chi connectivity index (χ1v) is 7.92. The summed E-state index contributed by atoms with van der Waals surface area (Å²) >= 11 is 7.14. The molecule has 0 fully saturated rings. The maximum absolute atomic E-state index is 11.6. The molecule has 0 aliphatic carbocycles. The van der Waals surface area contributed by atoms with Crippen LogP contribution in [0.3, 0.4) is 0 Å². The summed E-state index contributed by atoms with van der Waals surface area (Å²) in [5.41, 5.74) is 0.611. The van der Waals surface area contributed by atoms with Gasteiger partial charge in [0.25, 0.3) is 5.91 Å². The van der Waals surface area contributed by atoms with Crippen LogP contribution in [-0.2, 0) is 4.74 Å². The van der Waals surface area contributed by atoms with Gasteiger partial charge in [-0.05, 0) is 42.1 Å². The molecule has 2 aromatic rings. The summed E-state index contributed by atoms with van der Waals surface area (Å²) in [4.78, 5) is 23.8. The number of carbonyl (C=O) groups excluding carboxylic acids is 2. The summed E-state index contributed by atoms with van der Waals surface area (Å²) in [7, 11) is 0. The second-order valence-electron chi connectivity index (χ2n) is 4.35. The molecule has 0 bridgehead atoms. The number of amides is 2. The smallest absolute Gasteiger partial charge is 0.411 e. The first kappa shape index (κ1) is 16.3. The van der Waals surface area contributed by atoms with Gasteiger partial charge in [0, 0.05) is 17.3 Å². The lowest BCUT2D eigenvalue weighted by molar-refractivity contribution is 0.0954. The Kier molecular flexibility index (Phi) is 6.24. The minimum absolute atomic E-state index is 0.111. The lowest BCUT2D eigenvalue weighted by Crippen LogP contribution is -2.25. The van der Waals surface area contributed by atoms with Crippen LogP contribution in [0.4, 0.5) is 10.5 Å².